The Bertz CT molecular complexity index is 660. The summed E-state index contributed by atoms with van der Waals surface area (Å²) in [6, 6.07) is 0. The van der Waals surface area contributed by atoms with Crippen molar-refractivity contribution in [3.8, 4) is 11.8 Å². The van der Waals surface area contributed by atoms with E-state index in [9.17, 15) is 4.79 Å². The Morgan fingerprint density at radius 2 is 1.61 bits per heavy atom. The monoisotopic (exact) mass is 432 g/mol. The van der Waals surface area contributed by atoms with Crippen molar-refractivity contribution in [2.45, 2.75) is 132 Å². The third-order valence-electron chi connectivity index (χ3n) is 6.85. The number of hydrogen-bond acceptors (Lipinski definition) is 3. The average Bonchev–Trinajstić information content (AvgIpc) is 3.33. The first-order valence-corrected chi connectivity index (χ1v) is 12.6. The van der Waals surface area contributed by atoms with Gasteiger partial charge in [-0.15, -0.1) is 5.92 Å². The van der Waals surface area contributed by atoms with Gasteiger partial charge in [-0.3, -0.25) is 4.79 Å². The standard InChI is InChI=1S/C16H28O2.C12H20O/c1-11(2)10-16(3)17-14-7-6-13(8-12-4-5-12)9-15(14)18-16;1-7-8-12(6,10(2)13)9-11(3,4)5/h11-15H,4-10H2,1-3H3;9H2,1-6H3. The Morgan fingerprint density at radius 1 is 1.03 bits per heavy atom. The van der Waals surface area contributed by atoms with E-state index in [1.165, 1.54) is 38.5 Å². The van der Waals surface area contributed by atoms with Crippen molar-refractivity contribution >= 4 is 5.78 Å². The highest BCUT2D eigenvalue weighted by atomic mass is 16.8. The maximum absolute atomic E-state index is 11.4. The lowest BCUT2D eigenvalue weighted by molar-refractivity contribution is -0.171. The highest BCUT2D eigenvalue weighted by molar-refractivity contribution is 5.85. The molecule has 0 N–H and O–H groups in total. The van der Waals surface area contributed by atoms with Crippen molar-refractivity contribution in [2.24, 2.45) is 28.6 Å². The lowest BCUT2D eigenvalue weighted by Crippen LogP contribution is -2.31. The number of carbonyl (C=O) groups excluding carboxylic acids is 1. The van der Waals surface area contributed by atoms with Gasteiger partial charge in [0.25, 0.3) is 0 Å². The molecular formula is C28H48O3. The molecule has 1 saturated heterocycles. The number of carbonyl (C=O) groups is 1. The molecule has 0 radical (unpaired) electrons. The summed E-state index contributed by atoms with van der Waals surface area (Å²) in [5.74, 6) is 8.31. The number of ketones is 1. The van der Waals surface area contributed by atoms with Gasteiger partial charge >= 0.3 is 0 Å². The van der Waals surface area contributed by atoms with Crippen LogP contribution < -0.4 is 0 Å². The molecule has 0 aromatic rings. The second-order valence-corrected chi connectivity index (χ2v) is 12.4. The molecule has 0 aromatic carbocycles. The van der Waals surface area contributed by atoms with Gasteiger partial charge in [0.15, 0.2) is 5.79 Å². The zero-order chi connectivity index (χ0) is 23.4. The van der Waals surface area contributed by atoms with E-state index in [1.54, 1.807) is 13.8 Å². The minimum Gasteiger partial charge on any atom is -0.344 e. The van der Waals surface area contributed by atoms with Crippen LogP contribution in [0.5, 0.6) is 0 Å². The first-order chi connectivity index (χ1) is 14.3. The van der Waals surface area contributed by atoms with Crippen LogP contribution in [0.25, 0.3) is 0 Å². The normalized spacial score (nSPS) is 32.3. The molecule has 2 saturated carbocycles. The maximum atomic E-state index is 11.4. The summed E-state index contributed by atoms with van der Waals surface area (Å²) in [7, 11) is 0. The fourth-order valence-corrected chi connectivity index (χ4v) is 5.58. The molecule has 5 atom stereocenters. The number of rotatable bonds is 6. The molecule has 3 fully saturated rings. The molecule has 31 heavy (non-hydrogen) atoms. The number of hydrogen-bond donors (Lipinski definition) is 0. The summed E-state index contributed by atoms with van der Waals surface area (Å²) in [6.07, 6.45) is 10.8. The van der Waals surface area contributed by atoms with Crippen LogP contribution in [-0.4, -0.2) is 23.8 Å². The molecule has 1 heterocycles. The van der Waals surface area contributed by atoms with E-state index in [4.69, 9.17) is 9.47 Å². The van der Waals surface area contributed by atoms with Gasteiger partial charge in [0.1, 0.15) is 5.78 Å². The fraction of sp³-hybridized carbons (Fsp3) is 0.893. The third-order valence-corrected chi connectivity index (χ3v) is 6.85. The second-order valence-electron chi connectivity index (χ2n) is 12.4. The van der Waals surface area contributed by atoms with Crippen LogP contribution in [0.3, 0.4) is 0 Å². The molecule has 1 aliphatic heterocycles. The molecule has 0 aromatic heterocycles. The van der Waals surface area contributed by atoms with Gasteiger partial charge in [0, 0.05) is 6.42 Å². The zero-order valence-corrected chi connectivity index (χ0v) is 21.8. The van der Waals surface area contributed by atoms with E-state index in [0.717, 1.165) is 24.7 Å². The largest absolute Gasteiger partial charge is 0.344 e. The van der Waals surface area contributed by atoms with Gasteiger partial charge in [-0.05, 0) is 83.0 Å². The van der Waals surface area contributed by atoms with E-state index in [1.807, 2.05) is 6.92 Å². The molecule has 3 rings (SSSR count). The lowest BCUT2D eigenvalue weighted by Gasteiger charge is -2.29. The summed E-state index contributed by atoms with van der Waals surface area (Å²) in [5.41, 5.74) is -0.322. The highest BCUT2D eigenvalue weighted by Gasteiger charge is 2.47. The van der Waals surface area contributed by atoms with Gasteiger partial charge in [0.2, 0.25) is 0 Å². The molecular weight excluding hydrogens is 384 g/mol. The minimum atomic E-state index is -0.465. The van der Waals surface area contributed by atoms with Gasteiger partial charge in [0.05, 0.1) is 17.6 Å². The SMILES string of the molecule is CC#CC(C)(CC(C)(C)C)C(C)=O.CC(C)CC1(C)OC2CCC(CC3CC3)CC2O1. The Morgan fingerprint density at radius 3 is 2.10 bits per heavy atom. The first kappa shape index (κ1) is 26.4. The fourth-order valence-electron chi connectivity index (χ4n) is 5.58. The second kappa shape index (κ2) is 10.4. The van der Waals surface area contributed by atoms with Crippen LogP contribution in [0.1, 0.15) is 114 Å². The molecule has 0 bridgehead atoms. The molecule has 2 aliphatic carbocycles. The molecule has 0 spiro atoms. The maximum Gasteiger partial charge on any atom is 0.166 e. The number of Topliss-reactive ketones (excluding diaryl/α,β-unsaturated/α-hetero) is 1. The average molecular weight is 433 g/mol. The molecule has 3 heteroatoms. The van der Waals surface area contributed by atoms with Crippen molar-refractivity contribution in [1.82, 2.24) is 0 Å². The molecule has 0 amide bonds. The van der Waals surface area contributed by atoms with Crippen molar-refractivity contribution in [3.05, 3.63) is 0 Å². The minimum absolute atomic E-state index is 0.143. The summed E-state index contributed by atoms with van der Waals surface area (Å²) in [5, 5.41) is 0. The third kappa shape index (κ3) is 8.54. The van der Waals surface area contributed by atoms with Crippen LogP contribution in [0.4, 0.5) is 0 Å². The van der Waals surface area contributed by atoms with E-state index in [0.29, 0.717) is 18.1 Å². The van der Waals surface area contributed by atoms with E-state index >= 15 is 0 Å². The lowest BCUT2D eigenvalue weighted by atomic mass is 9.73. The molecule has 5 unspecified atom stereocenters. The van der Waals surface area contributed by atoms with Gasteiger partial charge in [-0.1, -0.05) is 53.4 Å². The predicted octanol–water partition coefficient (Wildman–Crippen LogP) is 7.17. The Balaban J connectivity index is 0.000000235. The Kier molecular flexibility index (Phi) is 8.85. The predicted molar refractivity (Wildman–Crippen MR) is 129 cm³/mol. The van der Waals surface area contributed by atoms with E-state index < -0.39 is 5.41 Å². The van der Waals surface area contributed by atoms with Crippen LogP contribution in [0.2, 0.25) is 0 Å². The highest BCUT2D eigenvalue weighted by Crippen LogP contribution is 2.45. The van der Waals surface area contributed by atoms with Crippen LogP contribution in [0.15, 0.2) is 0 Å². The van der Waals surface area contributed by atoms with Crippen molar-refractivity contribution < 1.29 is 14.3 Å². The number of ether oxygens (including phenoxy) is 2. The van der Waals surface area contributed by atoms with Crippen molar-refractivity contribution in [2.75, 3.05) is 0 Å². The summed E-state index contributed by atoms with van der Waals surface area (Å²) in [6.45, 7) is 18.4. The molecule has 178 valence electrons. The van der Waals surface area contributed by atoms with Crippen LogP contribution in [0, 0.1) is 40.4 Å². The van der Waals surface area contributed by atoms with E-state index in [-0.39, 0.29) is 17.0 Å². The van der Waals surface area contributed by atoms with Crippen LogP contribution >= 0.6 is 0 Å². The topological polar surface area (TPSA) is 35.5 Å². The first-order valence-electron chi connectivity index (χ1n) is 12.6. The van der Waals surface area contributed by atoms with Crippen molar-refractivity contribution in [1.29, 1.82) is 0 Å². The number of fused-ring (bicyclic) bond motifs is 1. The molecule has 3 aliphatic rings. The Hall–Kier alpha value is -0.850. The Labute approximate surface area is 192 Å². The quantitative estimate of drug-likeness (QED) is 0.417. The van der Waals surface area contributed by atoms with E-state index in [2.05, 4.69) is 53.4 Å². The van der Waals surface area contributed by atoms with Crippen LogP contribution in [-0.2, 0) is 14.3 Å². The van der Waals surface area contributed by atoms with Crippen molar-refractivity contribution in [3.63, 3.8) is 0 Å². The summed E-state index contributed by atoms with van der Waals surface area (Å²) < 4.78 is 12.5. The summed E-state index contributed by atoms with van der Waals surface area (Å²) in [4.78, 5) is 11.4. The zero-order valence-electron chi connectivity index (χ0n) is 21.8. The van der Waals surface area contributed by atoms with Gasteiger partial charge < -0.3 is 9.47 Å². The van der Waals surface area contributed by atoms with Gasteiger partial charge in [-0.2, -0.15) is 0 Å². The smallest absolute Gasteiger partial charge is 0.166 e. The van der Waals surface area contributed by atoms with Gasteiger partial charge in [-0.25, -0.2) is 0 Å². The molecule has 3 nitrogen and oxygen atoms in total. The summed E-state index contributed by atoms with van der Waals surface area (Å²) >= 11 is 0.